The van der Waals surface area contributed by atoms with Crippen molar-refractivity contribution in [3.8, 4) is 5.75 Å². The topological polar surface area (TPSA) is 68.1 Å². The summed E-state index contributed by atoms with van der Waals surface area (Å²) < 4.78 is 13.3. The van der Waals surface area contributed by atoms with Crippen LogP contribution in [0.5, 0.6) is 5.75 Å². The van der Waals surface area contributed by atoms with E-state index in [1.807, 2.05) is 47.1 Å². The Morgan fingerprint density at radius 3 is 2.57 bits per heavy atom. The monoisotopic (exact) mass is 470 g/mol. The van der Waals surface area contributed by atoms with Gasteiger partial charge in [0.25, 0.3) is 5.91 Å². The van der Waals surface area contributed by atoms with Gasteiger partial charge < -0.3 is 19.2 Å². The normalized spacial score (nSPS) is 15.1. The summed E-state index contributed by atoms with van der Waals surface area (Å²) >= 11 is 0. The lowest BCUT2D eigenvalue weighted by atomic mass is 10.0. The zero-order chi connectivity index (χ0) is 24.0. The summed E-state index contributed by atoms with van der Waals surface area (Å²) in [5.41, 5.74) is 4.64. The molecule has 1 aliphatic rings. The molecule has 1 atom stereocenters. The highest BCUT2D eigenvalue weighted by atomic mass is 16.5. The van der Waals surface area contributed by atoms with Gasteiger partial charge in [-0.2, -0.15) is 0 Å². The number of amides is 1. The summed E-state index contributed by atoms with van der Waals surface area (Å²) in [6.07, 6.45) is 3.92. The van der Waals surface area contributed by atoms with Crippen LogP contribution in [0.25, 0.3) is 5.65 Å². The molecule has 7 nitrogen and oxygen atoms in total. The van der Waals surface area contributed by atoms with Crippen molar-refractivity contribution >= 4 is 11.6 Å². The second kappa shape index (κ2) is 10.7. The van der Waals surface area contributed by atoms with Crippen LogP contribution in [0, 0.1) is 6.92 Å². The second-order valence-corrected chi connectivity index (χ2v) is 8.86. The molecule has 1 amide bonds. The van der Waals surface area contributed by atoms with Crippen molar-refractivity contribution < 1.29 is 14.3 Å². The number of carbonyl (C=O) groups excluding carboxylic acids is 1. The molecule has 1 saturated heterocycles. The van der Waals surface area contributed by atoms with Crippen molar-refractivity contribution in [1.82, 2.24) is 19.6 Å². The first-order chi connectivity index (χ1) is 17.1. The fourth-order valence-electron chi connectivity index (χ4n) is 4.23. The molecule has 2 aromatic carbocycles. The molecule has 0 spiro atoms. The highest BCUT2D eigenvalue weighted by Crippen LogP contribution is 2.19. The summed E-state index contributed by atoms with van der Waals surface area (Å²) in [6, 6.07) is 21.4. The van der Waals surface area contributed by atoms with Gasteiger partial charge in [-0.25, -0.2) is 4.98 Å². The van der Waals surface area contributed by atoms with Gasteiger partial charge in [0.2, 0.25) is 0 Å². The Morgan fingerprint density at radius 2 is 1.83 bits per heavy atom. The molecule has 7 heteroatoms. The van der Waals surface area contributed by atoms with E-state index in [0.717, 1.165) is 49.8 Å². The molecular weight excluding hydrogens is 440 g/mol. The zero-order valence-corrected chi connectivity index (χ0v) is 19.9. The number of aryl methyl sites for hydroxylation is 1. The molecule has 5 rings (SSSR count). The van der Waals surface area contributed by atoms with E-state index in [-0.39, 0.29) is 11.9 Å². The van der Waals surface area contributed by atoms with Crippen molar-refractivity contribution in [2.24, 2.45) is 0 Å². The predicted octanol–water partition coefficient (Wildman–Crippen LogP) is 4.03. The lowest BCUT2D eigenvalue weighted by Gasteiger charge is -2.31. The van der Waals surface area contributed by atoms with Crippen molar-refractivity contribution in [3.05, 3.63) is 102 Å². The second-order valence-electron chi connectivity index (χ2n) is 8.86. The van der Waals surface area contributed by atoms with Crippen LogP contribution in [0.15, 0.2) is 79.1 Å². The Labute approximate surface area is 205 Å². The molecule has 35 heavy (non-hydrogen) atoms. The number of benzene rings is 2. The van der Waals surface area contributed by atoms with Gasteiger partial charge in [0.15, 0.2) is 0 Å². The Hall–Kier alpha value is -3.68. The van der Waals surface area contributed by atoms with Gasteiger partial charge in [-0.15, -0.1) is 0 Å². The van der Waals surface area contributed by atoms with Crippen LogP contribution < -0.4 is 10.1 Å². The van der Waals surface area contributed by atoms with Crippen molar-refractivity contribution in [3.63, 3.8) is 0 Å². The maximum Gasteiger partial charge on any atom is 0.251 e. The molecule has 1 N–H and O–H groups in total. The third-order valence-electron chi connectivity index (χ3n) is 6.25. The van der Waals surface area contributed by atoms with E-state index >= 15 is 0 Å². The minimum absolute atomic E-state index is 0.101. The first-order valence-corrected chi connectivity index (χ1v) is 12.0. The lowest BCUT2D eigenvalue weighted by Crippen LogP contribution is -2.43. The Balaban J connectivity index is 1.23. The summed E-state index contributed by atoms with van der Waals surface area (Å²) in [5, 5.41) is 3.23. The van der Waals surface area contributed by atoms with E-state index in [1.54, 1.807) is 12.1 Å². The van der Waals surface area contributed by atoms with Crippen LogP contribution in [-0.4, -0.2) is 53.0 Å². The van der Waals surface area contributed by atoms with Gasteiger partial charge in [-0.05, 0) is 48.9 Å². The molecule has 1 aliphatic heterocycles. The minimum Gasteiger partial charge on any atom is -0.487 e. The summed E-state index contributed by atoms with van der Waals surface area (Å²) in [4.78, 5) is 20.0. The van der Waals surface area contributed by atoms with Gasteiger partial charge in [-0.1, -0.05) is 35.9 Å². The quantitative estimate of drug-likeness (QED) is 0.421. The molecule has 180 valence electrons. The van der Waals surface area contributed by atoms with Crippen LogP contribution >= 0.6 is 0 Å². The molecule has 0 bridgehead atoms. The minimum atomic E-state index is -0.104. The van der Waals surface area contributed by atoms with Crippen LogP contribution in [0.4, 0.5) is 0 Å². The number of rotatable bonds is 8. The summed E-state index contributed by atoms with van der Waals surface area (Å²) in [7, 11) is 0. The van der Waals surface area contributed by atoms with E-state index in [1.165, 1.54) is 5.56 Å². The number of carbonyl (C=O) groups is 1. The maximum absolute atomic E-state index is 13.1. The third-order valence-corrected chi connectivity index (χ3v) is 6.25. The number of hydrogen-bond acceptors (Lipinski definition) is 5. The molecule has 0 radical (unpaired) electrons. The van der Waals surface area contributed by atoms with E-state index in [0.29, 0.717) is 17.9 Å². The molecule has 3 heterocycles. The smallest absolute Gasteiger partial charge is 0.251 e. The lowest BCUT2D eigenvalue weighted by molar-refractivity contribution is 0.0332. The SMILES string of the molecule is Cc1ccc([C@H](CN2CCOCC2)NC(=O)c2ccc(OCc3cn4ccccc4n3)cc2)cc1. The number of ether oxygens (including phenoxy) is 2. The van der Waals surface area contributed by atoms with Crippen molar-refractivity contribution in [1.29, 1.82) is 0 Å². The third kappa shape index (κ3) is 5.88. The van der Waals surface area contributed by atoms with E-state index < -0.39 is 0 Å². The fourth-order valence-corrected chi connectivity index (χ4v) is 4.23. The first kappa shape index (κ1) is 23.1. The Bertz CT molecular complexity index is 1230. The van der Waals surface area contributed by atoms with Crippen molar-refractivity contribution in [2.75, 3.05) is 32.8 Å². The summed E-state index contributed by atoms with van der Waals surface area (Å²) in [6.45, 7) is 6.38. The number of pyridine rings is 1. The van der Waals surface area contributed by atoms with E-state index in [9.17, 15) is 4.79 Å². The number of morpholine rings is 1. The highest BCUT2D eigenvalue weighted by molar-refractivity contribution is 5.94. The van der Waals surface area contributed by atoms with Gasteiger partial charge in [0.1, 0.15) is 18.0 Å². The number of hydrogen-bond donors (Lipinski definition) is 1. The molecule has 4 aromatic rings. The van der Waals surface area contributed by atoms with Crippen LogP contribution in [0.1, 0.15) is 33.2 Å². The maximum atomic E-state index is 13.1. The van der Waals surface area contributed by atoms with Crippen LogP contribution in [0.2, 0.25) is 0 Å². The van der Waals surface area contributed by atoms with Crippen LogP contribution in [-0.2, 0) is 11.3 Å². The molecule has 0 unspecified atom stereocenters. The molecule has 0 aliphatic carbocycles. The molecule has 0 saturated carbocycles. The number of nitrogens with one attached hydrogen (secondary N) is 1. The molecule has 1 fully saturated rings. The van der Waals surface area contributed by atoms with Gasteiger partial charge in [-0.3, -0.25) is 9.69 Å². The van der Waals surface area contributed by atoms with Gasteiger partial charge >= 0.3 is 0 Å². The Kier molecular flexibility index (Phi) is 7.07. The standard InChI is InChI=1S/C28H30N4O3/c1-21-5-7-22(8-6-21)26(19-31-14-16-34-17-15-31)30-28(33)23-9-11-25(12-10-23)35-20-24-18-32-13-3-2-4-27(32)29-24/h2-13,18,26H,14-17,19-20H2,1H3,(H,30,33)/t26-/m0/s1. The van der Waals surface area contributed by atoms with Gasteiger partial charge in [0, 0.05) is 37.6 Å². The number of aromatic nitrogens is 2. The average molecular weight is 471 g/mol. The number of nitrogens with zero attached hydrogens (tertiary/aromatic N) is 3. The van der Waals surface area contributed by atoms with E-state index in [2.05, 4.69) is 46.4 Å². The Morgan fingerprint density at radius 1 is 1.06 bits per heavy atom. The first-order valence-electron chi connectivity index (χ1n) is 12.0. The average Bonchev–Trinajstić information content (AvgIpc) is 3.32. The summed E-state index contributed by atoms with van der Waals surface area (Å²) in [5.74, 6) is 0.595. The van der Waals surface area contributed by atoms with E-state index in [4.69, 9.17) is 9.47 Å². The molecular formula is C28H30N4O3. The highest BCUT2D eigenvalue weighted by Gasteiger charge is 2.21. The zero-order valence-electron chi connectivity index (χ0n) is 19.9. The van der Waals surface area contributed by atoms with Gasteiger partial charge in [0.05, 0.1) is 24.9 Å². The van der Waals surface area contributed by atoms with Crippen molar-refractivity contribution in [2.45, 2.75) is 19.6 Å². The largest absolute Gasteiger partial charge is 0.487 e. The number of imidazole rings is 1. The molecule has 2 aromatic heterocycles. The van der Waals surface area contributed by atoms with Crippen LogP contribution in [0.3, 0.4) is 0 Å². The number of fused-ring (bicyclic) bond motifs is 1. The predicted molar refractivity (Wildman–Crippen MR) is 135 cm³/mol. The fraction of sp³-hybridized carbons (Fsp3) is 0.286.